The number of nitrogens with one attached hydrogen (secondary N) is 1. The number of aryl methyl sites for hydroxylation is 1. The molecule has 3 nitrogen and oxygen atoms in total. The molecule has 2 rings (SSSR count). The van der Waals surface area contributed by atoms with Crippen LogP contribution in [0.2, 0.25) is 0 Å². The van der Waals surface area contributed by atoms with Crippen molar-refractivity contribution in [1.29, 1.82) is 0 Å². The van der Waals surface area contributed by atoms with Gasteiger partial charge in [-0.15, -0.1) is 0 Å². The van der Waals surface area contributed by atoms with Gasteiger partial charge in [-0.05, 0) is 31.0 Å². The van der Waals surface area contributed by atoms with Crippen molar-refractivity contribution in [2.75, 3.05) is 25.6 Å². The second-order valence-corrected chi connectivity index (χ2v) is 3.91. The lowest BCUT2D eigenvalue weighted by molar-refractivity contribution is 0.195. The molecule has 1 aromatic carbocycles. The van der Waals surface area contributed by atoms with Crippen LogP contribution in [0.4, 0.5) is 5.69 Å². The number of rotatable bonds is 3. The molecule has 1 aromatic rings. The zero-order chi connectivity index (χ0) is 10.7. The Kier molecular flexibility index (Phi) is 3.11. The van der Waals surface area contributed by atoms with Gasteiger partial charge in [0.15, 0.2) is 0 Å². The van der Waals surface area contributed by atoms with Crippen molar-refractivity contribution in [3.05, 3.63) is 23.8 Å². The third-order valence-electron chi connectivity index (χ3n) is 2.65. The van der Waals surface area contributed by atoms with Crippen LogP contribution >= 0.6 is 0 Å². The number of anilines is 1. The maximum absolute atomic E-state index is 5.33. The number of hydrogen-bond donors (Lipinski definition) is 1. The molecule has 1 aliphatic rings. The maximum atomic E-state index is 5.33. The van der Waals surface area contributed by atoms with Crippen molar-refractivity contribution < 1.29 is 9.47 Å². The molecule has 3 heteroatoms. The summed E-state index contributed by atoms with van der Waals surface area (Å²) in [6, 6.07) is 6.60. The van der Waals surface area contributed by atoms with Gasteiger partial charge < -0.3 is 14.8 Å². The van der Waals surface area contributed by atoms with Gasteiger partial charge in [-0.2, -0.15) is 0 Å². The molecule has 1 aliphatic heterocycles. The normalized spacial score (nSPS) is 20.3. The molecule has 0 spiro atoms. The van der Waals surface area contributed by atoms with E-state index in [1.807, 2.05) is 6.07 Å². The van der Waals surface area contributed by atoms with Crippen LogP contribution in [0.1, 0.15) is 12.0 Å². The first-order valence-corrected chi connectivity index (χ1v) is 5.28. The zero-order valence-corrected chi connectivity index (χ0v) is 9.25. The molecule has 1 fully saturated rings. The summed E-state index contributed by atoms with van der Waals surface area (Å²) in [5.74, 6) is 0.905. The lowest BCUT2D eigenvalue weighted by atomic mass is 10.2. The van der Waals surface area contributed by atoms with Crippen LogP contribution in [0.25, 0.3) is 0 Å². The van der Waals surface area contributed by atoms with E-state index in [-0.39, 0.29) is 0 Å². The van der Waals surface area contributed by atoms with Crippen LogP contribution in [-0.4, -0.2) is 26.4 Å². The first-order chi connectivity index (χ1) is 7.29. The van der Waals surface area contributed by atoms with Crippen molar-refractivity contribution in [1.82, 2.24) is 0 Å². The number of benzene rings is 1. The van der Waals surface area contributed by atoms with E-state index in [4.69, 9.17) is 9.47 Å². The molecular weight excluding hydrogens is 190 g/mol. The Morgan fingerprint density at radius 2 is 2.33 bits per heavy atom. The molecule has 1 heterocycles. The highest BCUT2D eigenvalue weighted by molar-refractivity contribution is 5.58. The molecule has 1 N–H and O–H groups in total. The van der Waals surface area contributed by atoms with Crippen molar-refractivity contribution in [2.24, 2.45) is 0 Å². The zero-order valence-electron chi connectivity index (χ0n) is 9.25. The summed E-state index contributed by atoms with van der Waals surface area (Å²) in [5, 5.41) is 3.44. The van der Waals surface area contributed by atoms with Gasteiger partial charge in [0.2, 0.25) is 0 Å². The Morgan fingerprint density at radius 1 is 1.47 bits per heavy atom. The fourth-order valence-corrected chi connectivity index (χ4v) is 1.79. The molecular formula is C12H17NO2. The lowest BCUT2D eigenvalue weighted by Gasteiger charge is -2.15. The average Bonchev–Trinajstić information content (AvgIpc) is 2.73. The molecule has 0 bridgehead atoms. The lowest BCUT2D eigenvalue weighted by Crippen LogP contribution is -2.19. The van der Waals surface area contributed by atoms with Gasteiger partial charge in [0.1, 0.15) is 5.75 Å². The summed E-state index contributed by atoms with van der Waals surface area (Å²) < 4.78 is 10.7. The number of hydrogen-bond acceptors (Lipinski definition) is 3. The van der Waals surface area contributed by atoms with E-state index in [1.54, 1.807) is 7.11 Å². The summed E-state index contributed by atoms with van der Waals surface area (Å²) in [6.07, 6.45) is 1.07. The number of methoxy groups -OCH3 is 1. The van der Waals surface area contributed by atoms with Crippen molar-refractivity contribution in [3.63, 3.8) is 0 Å². The van der Waals surface area contributed by atoms with Gasteiger partial charge in [-0.25, -0.2) is 0 Å². The molecule has 0 aromatic heterocycles. The Hall–Kier alpha value is -1.22. The van der Waals surface area contributed by atoms with E-state index in [1.165, 1.54) is 5.56 Å². The monoisotopic (exact) mass is 207 g/mol. The highest BCUT2D eigenvalue weighted by Gasteiger charge is 2.16. The fourth-order valence-electron chi connectivity index (χ4n) is 1.79. The third kappa shape index (κ3) is 2.42. The first-order valence-electron chi connectivity index (χ1n) is 5.28. The highest BCUT2D eigenvalue weighted by atomic mass is 16.5. The summed E-state index contributed by atoms with van der Waals surface area (Å²) >= 11 is 0. The minimum Gasteiger partial charge on any atom is -0.495 e. The predicted octanol–water partition coefficient (Wildman–Crippen LogP) is 2.20. The molecule has 0 saturated carbocycles. The highest BCUT2D eigenvalue weighted by Crippen LogP contribution is 2.26. The van der Waals surface area contributed by atoms with E-state index in [2.05, 4.69) is 24.4 Å². The second kappa shape index (κ2) is 4.53. The Balaban J connectivity index is 2.12. The van der Waals surface area contributed by atoms with E-state index in [0.717, 1.165) is 31.1 Å². The van der Waals surface area contributed by atoms with Crippen molar-refractivity contribution >= 4 is 5.69 Å². The van der Waals surface area contributed by atoms with Gasteiger partial charge in [0.25, 0.3) is 0 Å². The fraction of sp³-hybridized carbons (Fsp3) is 0.500. The Labute approximate surface area is 90.4 Å². The molecule has 15 heavy (non-hydrogen) atoms. The van der Waals surface area contributed by atoms with Crippen LogP contribution in [0, 0.1) is 6.92 Å². The van der Waals surface area contributed by atoms with Gasteiger partial charge in [0, 0.05) is 6.61 Å². The standard InChI is InChI=1S/C12H17NO2/c1-9-3-4-11(12(7-9)14-2)13-10-5-6-15-8-10/h3-4,7,10,13H,5-6,8H2,1-2H3. The summed E-state index contributed by atoms with van der Waals surface area (Å²) in [4.78, 5) is 0. The topological polar surface area (TPSA) is 30.5 Å². The first kappa shape index (κ1) is 10.3. The second-order valence-electron chi connectivity index (χ2n) is 3.91. The van der Waals surface area contributed by atoms with Gasteiger partial charge >= 0.3 is 0 Å². The quantitative estimate of drug-likeness (QED) is 0.824. The van der Waals surface area contributed by atoms with Crippen LogP contribution in [0.5, 0.6) is 5.75 Å². The predicted molar refractivity (Wildman–Crippen MR) is 60.6 cm³/mol. The van der Waals surface area contributed by atoms with E-state index >= 15 is 0 Å². The summed E-state index contributed by atoms with van der Waals surface area (Å²) in [7, 11) is 1.70. The molecule has 1 atom stereocenters. The Morgan fingerprint density at radius 3 is 3.00 bits per heavy atom. The van der Waals surface area contributed by atoms with Crippen molar-refractivity contribution in [3.8, 4) is 5.75 Å². The minimum absolute atomic E-state index is 0.418. The van der Waals surface area contributed by atoms with Gasteiger partial charge in [-0.3, -0.25) is 0 Å². The van der Waals surface area contributed by atoms with Crippen LogP contribution in [0.15, 0.2) is 18.2 Å². The third-order valence-corrected chi connectivity index (χ3v) is 2.65. The smallest absolute Gasteiger partial charge is 0.142 e. The molecule has 82 valence electrons. The summed E-state index contributed by atoms with van der Waals surface area (Å²) in [5.41, 5.74) is 2.26. The molecule has 1 unspecified atom stereocenters. The van der Waals surface area contributed by atoms with Gasteiger partial charge in [-0.1, -0.05) is 6.07 Å². The molecule has 0 radical (unpaired) electrons. The minimum atomic E-state index is 0.418. The average molecular weight is 207 g/mol. The molecule has 0 amide bonds. The SMILES string of the molecule is COc1cc(C)ccc1NC1CCOC1. The van der Waals surface area contributed by atoms with E-state index in [9.17, 15) is 0 Å². The Bertz CT molecular complexity index is 332. The number of ether oxygens (including phenoxy) is 2. The van der Waals surface area contributed by atoms with Crippen LogP contribution in [0.3, 0.4) is 0 Å². The van der Waals surface area contributed by atoms with Gasteiger partial charge in [0.05, 0.1) is 25.4 Å². The van der Waals surface area contributed by atoms with Crippen molar-refractivity contribution in [2.45, 2.75) is 19.4 Å². The van der Waals surface area contributed by atoms with Crippen LogP contribution in [-0.2, 0) is 4.74 Å². The molecule has 0 aliphatic carbocycles. The molecule has 1 saturated heterocycles. The largest absolute Gasteiger partial charge is 0.495 e. The van der Waals surface area contributed by atoms with E-state index < -0.39 is 0 Å². The van der Waals surface area contributed by atoms with E-state index in [0.29, 0.717) is 6.04 Å². The van der Waals surface area contributed by atoms with Crippen LogP contribution < -0.4 is 10.1 Å². The maximum Gasteiger partial charge on any atom is 0.142 e. The summed E-state index contributed by atoms with van der Waals surface area (Å²) in [6.45, 7) is 3.70.